The summed E-state index contributed by atoms with van der Waals surface area (Å²) in [6, 6.07) is 8.49. The molecule has 1 saturated heterocycles. The number of hydrogen-bond acceptors (Lipinski definition) is 4. The number of rotatable bonds is 5. The summed E-state index contributed by atoms with van der Waals surface area (Å²) in [6.07, 6.45) is 3.03. The lowest BCUT2D eigenvalue weighted by atomic mass is 9.95. The smallest absolute Gasteiger partial charge is 0.227 e. The highest BCUT2D eigenvalue weighted by Gasteiger charge is 2.33. The van der Waals surface area contributed by atoms with Crippen LogP contribution in [-0.2, 0) is 17.7 Å². The van der Waals surface area contributed by atoms with Crippen molar-refractivity contribution in [1.82, 2.24) is 14.8 Å². The quantitative estimate of drug-likeness (QED) is 0.845. The molecule has 0 amide bonds. The van der Waals surface area contributed by atoms with Gasteiger partial charge in [-0.25, -0.2) is 0 Å². The van der Waals surface area contributed by atoms with Crippen LogP contribution < -0.4 is 4.90 Å². The Balaban J connectivity index is 1.86. The van der Waals surface area contributed by atoms with E-state index in [0.717, 1.165) is 50.7 Å². The molecule has 0 spiro atoms. The third-order valence-electron chi connectivity index (χ3n) is 5.17. The van der Waals surface area contributed by atoms with Gasteiger partial charge in [-0.3, -0.25) is 4.57 Å². The average Bonchev–Trinajstić information content (AvgIpc) is 2.99. The molecule has 1 atom stereocenters. The summed E-state index contributed by atoms with van der Waals surface area (Å²) in [6.45, 7) is 9.25. The summed E-state index contributed by atoms with van der Waals surface area (Å²) < 4.78 is 7.97. The topological polar surface area (TPSA) is 43.2 Å². The van der Waals surface area contributed by atoms with Crippen molar-refractivity contribution in [3.05, 3.63) is 41.2 Å². The van der Waals surface area contributed by atoms with E-state index in [1.165, 1.54) is 11.1 Å². The molecule has 0 bridgehead atoms. The van der Waals surface area contributed by atoms with E-state index in [-0.39, 0.29) is 5.60 Å². The van der Waals surface area contributed by atoms with Crippen LogP contribution in [0, 0.1) is 6.92 Å². The van der Waals surface area contributed by atoms with Gasteiger partial charge in [-0.05, 0) is 44.7 Å². The zero-order valence-corrected chi connectivity index (χ0v) is 15.2. The molecule has 1 aliphatic rings. The van der Waals surface area contributed by atoms with Gasteiger partial charge >= 0.3 is 0 Å². The third kappa shape index (κ3) is 3.31. The van der Waals surface area contributed by atoms with Gasteiger partial charge in [0.2, 0.25) is 5.95 Å². The predicted octanol–water partition coefficient (Wildman–Crippen LogP) is 3.20. The number of methoxy groups -OCH3 is 1. The van der Waals surface area contributed by atoms with Crippen LogP contribution in [0.1, 0.15) is 43.6 Å². The van der Waals surface area contributed by atoms with Gasteiger partial charge in [0.15, 0.2) is 0 Å². The normalized spacial score (nSPS) is 21.2. The number of hydrogen-bond donors (Lipinski definition) is 0. The van der Waals surface area contributed by atoms with E-state index in [4.69, 9.17) is 4.74 Å². The molecule has 130 valence electrons. The van der Waals surface area contributed by atoms with Crippen molar-refractivity contribution in [3.63, 3.8) is 0 Å². The van der Waals surface area contributed by atoms with Crippen LogP contribution in [0.2, 0.25) is 0 Å². The highest BCUT2D eigenvalue weighted by Crippen LogP contribution is 2.28. The van der Waals surface area contributed by atoms with E-state index in [1.807, 2.05) is 0 Å². The van der Waals surface area contributed by atoms with Gasteiger partial charge < -0.3 is 9.64 Å². The van der Waals surface area contributed by atoms with Gasteiger partial charge in [0.25, 0.3) is 0 Å². The van der Waals surface area contributed by atoms with Crippen molar-refractivity contribution in [1.29, 1.82) is 0 Å². The molecule has 0 aliphatic carbocycles. The van der Waals surface area contributed by atoms with Crippen molar-refractivity contribution in [2.45, 2.75) is 52.2 Å². The van der Waals surface area contributed by atoms with E-state index >= 15 is 0 Å². The van der Waals surface area contributed by atoms with E-state index < -0.39 is 0 Å². The van der Waals surface area contributed by atoms with Crippen LogP contribution in [0.4, 0.5) is 5.95 Å². The van der Waals surface area contributed by atoms with Gasteiger partial charge in [0.05, 0.1) is 5.60 Å². The molecule has 0 saturated carbocycles. The molecule has 1 fully saturated rings. The number of piperidine rings is 1. The lowest BCUT2D eigenvalue weighted by molar-refractivity contribution is -0.00512. The monoisotopic (exact) mass is 328 g/mol. The second kappa shape index (κ2) is 6.93. The molecule has 2 heterocycles. The maximum atomic E-state index is 5.72. The molecule has 5 heteroatoms. The van der Waals surface area contributed by atoms with Crippen LogP contribution in [0.25, 0.3) is 0 Å². The molecule has 1 aromatic carbocycles. The molecule has 24 heavy (non-hydrogen) atoms. The number of ether oxygens (including phenoxy) is 1. The number of benzene rings is 1. The minimum atomic E-state index is -0.0983. The van der Waals surface area contributed by atoms with Gasteiger partial charge in [0.1, 0.15) is 5.82 Å². The molecular weight excluding hydrogens is 300 g/mol. The molecule has 1 aromatic heterocycles. The molecular formula is C19H28N4O. The maximum Gasteiger partial charge on any atom is 0.227 e. The Morgan fingerprint density at radius 1 is 1.25 bits per heavy atom. The molecule has 0 radical (unpaired) electrons. The number of aromatic nitrogens is 3. The van der Waals surface area contributed by atoms with Gasteiger partial charge in [0, 0.05) is 33.2 Å². The van der Waals surface area contributed by atoms with Crippen molar-refractivity contribution in [2.75, 3.05) is 25.1 Å². The molecule has 5 nitrogen and oxygen atoms in total. The van der Waals surface area contributed by atoms with E-state index in [2.05, 4.69) is 64.7 Å². The lowest BCUT2D eigenvalue weighted by Gasteiger charge is -2.39. The Hall–Kier alpha value is -1.88. The fraction of sp³-hybridized carbons (Fsp3) is 0.579. The van der Waals surface area contributed by atoms with Gasteiger partial charge in [-0.15, -0.1) is 10.2 Å². The zero-order valence-electron chi connectivity index (χ0n) is 15.2. The second-order valence-electron chi connectivity index (χ2n) is 6.94. The van der Waals surface area contributed by atoms with Crippen molar-refractivity contribution < 1.29 is 4.74 Å². The Morgan fingerprint density at radius 3 is 2.75 bits per heavy atom. The summed E-state index contributed by atoms with van der Waals surface area (Å²) in [4.78, 5) is 2.32. The molecule has 2 aromatic rings. The third-order valence-corrected chi connectivity index (χ3v) is 5.17. The minimum absolute atomic E-state index is 0.0983. The summed E-state index contributed by atoms with van der Waals surface area (Å²) in [5, 5.41) is 9.02. The second-order valence-corrected chi connectivity index (χ2v) is 6.94. The first-order valence-electron chi connectivity index (χ1n) is 8.83. The largest absolute Gasteiger partial charge is 0.377 e. The molecule has 3 rings (SSSR count). The van der Waals surface area contributed by atoms with E-state index in [0.29, 0.717) is 0 Å². The fourth-order valence-electron chi connectivity index (χ4n) is 3.54. The molecule has 1 unspecified atom stereocenters. The maximum absolute atomic E-state index is 5.72. The first kappa shape index (κ1) is 17.0. The number of nitrogens with zero attached hydrogens (tertiary/aromatic N) is 4. The first-order chi connectivity index (χ1) is 11.6. The number of aryl methyl sites for hydroxylation is 1. The average molecular weight is 328 g/mol. The van der Waals surface area contributed by atoms with Crippen LogP contribution in [0.5, 0.6) is 0 Å². The standard InChI is InChI=1S/C19H28N4O/c1-5-23-17(13-16-10-7-6-9-15(16)2)20-21-18(23)22-12-8-11-19(3,14-22)24-4/h6-7,9-10H,5,8,11-14H2,1-4H3. The van der Waals surface area contributed by atoms with E-state index in [1.54, 1.807) is 7.11 Å². The molecule has 1 aliphatic heterocycles. The van der Waals surface area contributed by atoms with Crippen molar-refractivity contribution in [3.8, 4) is 0 Å². The van der Waals surface area contributed by atoms with Crippen LogP contribution >= 0.6 is 0 Å². The Bertz CT molecular complexity index is 696. The Kier molecular flexibility index (Phi) is 4.90. The van der Waals surface area contributed by atoms with Crippen LogP contribution in [0.3, 0.4) is 0 Å². The SMILES string of the molecule is CCn1c(Cc2ccccc2C)nnc1N1CCCC(C)(OC)C1. The highest BCUT2D eigenvalue weighted by atomic mass is 16.5. The first-order valence-corrected chi connectivity index (χ1v) is 8.83. The lowest BCUT2D eigenvalue weighted by Crippen LogP contribution is -2.48. The predicted molar refractivity (Wildman–Crippen MR) is 96.5 cm³/mol. The summed E-state index contributed by atoms with van der Waals surface area (Å²) in [7, 11) is 1.80. The van der Waals surface area contributed by atoms with Gasteiger partial charge in [-0.2, -0.15) is 0 Å². The minimum Gasteiger partial charge on any atom is -0.377 e. The summed E-state index contributed by atoms with van der Waals surface area (Å²) in [5.74, 6) is 2.01. The summed E-state index contributed by atoms with van der Waals surface area (Å²) >= 11 is 0. The van der Waals surface area contributed by atoms with Crippen LogP contribution in [-0.4, -0.2) is 40.6 Å². The Morgan fingerprint density at radius 2 is 2.04 bits per heavy atom. The molecule has 0 N–H and O–H groups in total. The number of anilines is 1. The van der Waals surface area contributed by atoms with Crippen LogP contribution in [0.15, 0.2) is 24.3 Å². The Labute approximate surface area is 144 Å². The zero-order chi connectivity index (χ0) is 17.2. The van der Waals surface area contributed by atoms with Gasteiger partial charge in [-0.1, -0.05) is 24.3 Å². The fourth-order valence-corrected chi connectivity index (χ4v) is 3.54. The van der Waals surface area contributed by atoms with Crippen molar-refractivity contribution in [2.24, 2.45) is 0 Å². The van der Waals surface area contributed by atoms with Crippen molar-refractivity contribution >= 4 is 5.95 Å². The summed E-state index contributed by atoms with van der Waals surface area (Å²) in [5.41, 5.74) is 2.51. The highest BCUT2D eigenvalue weighted by molar-refractivity contribution is 5.35. The van der Waals surface area contributed by atoms with E-state index in [9.17, 15) is 0 Å².